The lowest BCUT2D eigenvalue weighted by atomic mass is 10.2. The van der Waals surface area contributed by atoms with Crippen LogP contribution in [0.3, 0.4) is 0 Å². The van der Waals surface area contributed by atoms with Gasteiger partial charge in [0.25, 0.3) is 0 Å². The summed E-state index contributed by atoms with van der Waals surface area (Å²) >= 11 is 0. The van der Waals surface area contributed by atoms with Crippen LogP contribution in [0.15, 0.2) is 23.1 Å². The molecule has 5 heteroatoms. The minimum absolute atomic E-state index is 0.511. The van der Waals surface area contributed by atoms with Gasteiger partial charge in [-0.25, -0.2) is 0 Å². The lowest BCUT2D eigenvalue weighted by molar-refractivity contribution is 0.467. The predicted molar refractivity (Wildman–Crippen MR) is 50.5 cm³/mol. The fraction of sp³-hybridized carbons (Fsp3) is 0.333. The summed E-state index contributed by atoms with van der Waals surface area (Å²) in [6, 6.07) is 1.97. The van der Waals surface area contributed by atoms with Crippen molar-refractivity contribution in [3.05, 3.63) is 35.8 Å². The first-order valence-corrected chi connectivity index (χ1v) is 4.40. The average molecular weight is 192 g/mol. The Morgan fingerprint density at radius 3 is 2.71 bits per heavy atom. The summed E-state index contributed by atoms with van der Waals surface area (Å²) in [6.07, 6.45) is 3.31. The molecule has 0 radical (unpaired) electrons. The van der Waals surface area contributed by atoms with Gasteiger partial charge in [0, 0.05) is 12.1 Å². The van der Waals surface area contributed by atoms with Crippen LogP contribution < -0.4 is 5.73 Å². The Kier molecular flexibility index (Phi) is 2.32. The number of hydrogen-bond acceptors (Lipinski definition) is 4. The van der Waals surface area contributed by atoms with Crippen molar-refractivity contribution >= 4 is 0 Å². The van der Waals surface area contributed by atoms with Crippen LogP contribution >= 0.6 is 0 Å². The summed E-state index contributed by atoms with van der Waals surface area (Å²) in [5.41, 5.74) is 6.60. The molecule has 2 aromatic rings. The summed E-state index contributed by atoms with van der Waals surface area (Å²) in [4.78, 5) is 0. The molecule has 0 aliphatic carbocycles. The second-order valence-electron chi connectivity index (χ2n) is 3.13. The first-order valence-electron chi connectivity index (χ1n) is 4.40. The molecule has 0 fully saturated rings. The van der Waals surface area contributed by atoms with Crippen molar-refractivity contribution in [3.63, 3.8) is 0 Å². The zero-order chi connectivity index (χ0) is 9.97. The molecule has 0 saturated heterocycles. The van der Waals surface area contributed by atoms with Crippen LogP contribution in [-0.4, -0.2) is 14.8 Å². The van der Waals surface area contributed by atoms with Crippen molar-refractivity contribution in [1.29, 1.82) is 0 Å². The van der Waals surface area contributed by atoms with Gasteiger partial charge in [0.2, 0.25) is 0 Å². The van der Waals surface area contributed by atoms with E-state index in [1.54, 1.807) is 12.7 Å². The molecule has 2 rings (SSSR count). The molecule has 0 aliphatic heterocycles. The fourth-order valence-corrected chi connectivity index (χ4v) is 1.35. The molecule has 0 amide bonds. The molecule has 0 atom stereocenters. The smallest absolute Gasteiger partial charge is 0.124 e. The monoisotopic (exact) mass is 192 g/mol. The summed E-state index contributed by atoms with van der Waals surface area (Å²) in [5.74, 6) is 1.76. The molecule has 74 valence electrons. The SMILES string of the molecule is Cc1oc(Cn2cnnc2)cc1CN. The Morgan fingerprint density at radius 1 is 1.43 bits per heavy atom. The van der Waals surface area contributed by atoms with Gasteiger partial charge in [-0.2, -0.15) is 0 Å². The zero-order valence-corrected chi connectivity index (χ0v) is 7.97. The molecule has 0 aromatic carbocycles. The minimum Gasteiger partial charge on any atom is -0.464 e. The summed E-state index contributed by atoms with van der Waals surface area (Å²) in [6.45, 7) is 3.07. The molecule has 0 spiro atoms. The third-order valence-electron chi connectivity index (χ3n) is 2.10. The van der Waals surface area contributed by atoms with Gasteiger partial charge in [-0.3, -0.25) is 0 Å². The Labute approximate surface area is 81.5 Å². The predicted octanol–water partition coefficient (Wildman–Crippen LogP) is 0.687. The number of rotatable bonds is 3. The zero-order valence-electron chi connectivity index (χ0n) is 7.97. The second kappa shape index (κ2) is 3.63. The molecule has 2 heterocycles. The van der Waals surface area contributed by atoms with Crippen LogP contribution in [0.1, 0.15) is 17.1 Å². The standard InChI is InChI=1S/C9H12N4O/c1-7-8(3-10)2-9(14-7)4-13-5-11-12-6-13/h2,5-6H,3-4,10H2,1H3. The number of furan rings is 1. The van der Waals surface area contributed by atoms with Crippen LogP contribution in [0.4, 0.5) is 0 Å². The molecule has 14 heavy (non-hydrogen) atoms. The Morgan fingerprint density at radius 2 is 2.14 bits per heavy atom. The maximum absolute atomic E-state index is 5.55. The summed E-state index contributed by atoms with van der Waals surface area (Å²) in [7, 11) is 0. The number of nitrogens with two attached hydrogens (primary N) is 1. The van der Waals surface area contributed by atoms with E-state index in [9.17, 15) is 0 Å². The molecule has 2 N–H and O–H groups in total. The van der Waals surface area contributed by atoms with Gasteiger partial charge in [0.15, 0.2) is 0 Å². The van der Waals surface area contributed by atoms with Gasteiger partial charge in [-0.15, -0.1) is 10.2 Å². The van der Waals surface area contributed by atoms with Crippen LogP contribution in [0.25, 0.3) is 0 Å². The quantitative estimate of drug-likeness (QED) is 0.776. The third kappa shape index (κ3) is 1.67. The molecule has 0 unspecified atom stereocenters. The van der Waals surface area contributed by atoms with E-state index in [2.05, 4.69) is 10.2 Å². The van der Waals surface area contributed by atoms with Gasteiger partial charge in [0.1, 0.15) is 24.2 Å². The van der Waals surface area contributed by atoms with E-state index in [0.29, 0.717) is 13.1 Å². The summed E-state index contributed by atoms with van der Waals surface area (Å²) in [5, 5.41) is 7.43. The van der Waals surface area contributed by atoms with Gasteiger partial charge in [-0.05, 0) is 13.0 Å². The Bertz CT molecular complexity index is 404. The van der Waals surface area contributed by atoms with Crippen molar-refractivity contribution < 1.29 is 4.42 Å². The molecular formula is C9H12N4O. The van der Waals surface area contributed by atoms with Crippen LogP contribution in [0, 0.1) is 6.92 Å². The lowest BCUT2D eigenvalue weighted by Gasteiger charge is -1.95. The highest BCUT2D eigenvalue weighted by Crippen LogP contribution is 2.14. The maximum atomic E-state index is 5.55. The highest BCUT2D eigenvalue weighted by Gasteiger charge is 2.05. The first-order chi connectivity index (χ1) is 6.79. The molecule has 0 bridgehead atoms. The number of aromatic nitrogens is 3. The highest BCUT2D eigenvalue weighted by molar-refractivity contribution is 5.20. The average Bonchev–Trinajstić information content (AvgIpc) is 2.76. The minimum atomic E-state index is 0.511. The van der Waals surface area contributed by atoms with Crippen LogP contribution in [0.2, 0.25) is 0 Å². The van der Waals surface area contributed by atoms with Crippen molar-refractivity contribution in [2.24, 2.45) is 5.73 Å². The largest absolute Gasteiger partial charge is 0.464 e. The first kappa shape index (κ1) is 8.96. The van der Waals surface area contributed by atoms with Crippen molar-refractivity contribution in [2.45, 2.75) is 20.0 Å². The number of hydrogen-bond donors (Lipinski definition) is 1. The van der Waals surface area contributed by atoms with E-state index < -0.39 is 0 Å². The van der Waals surface area contributed by atoms with Gasteiger partial charge >= 0.3 is 0 Å². The molecule has 5 nitrogen and oxygen atoms in total. The lowest BCUT2D eigenvalue weighted by Crippen LogP contribution is -1.96. The van der Waals surface area contributed by atoms with E-state index in [0.717, 1.165) is 17.1 Å². The number of nitrogens with zero attached hydrogens (tertiary/aromatic N) is 3. The Balaban J connectivity index is 2.17. The molecule has 0 saturated carbocycles. The number of aryl methyl sites for hydroxylation is 1. The molecule has 0 aliphatic rings. The van der Waals surface area contributed by atoms with E-state index in [1.165, 1.54) is 0 Å². The summed E-state index contributed by atoms with van der Waals surface area (Å²) < 4.78 is 7.37. The van der Waals surface area contributed by atoms with Crippen LogP contribution in [0.5, 0.6) is 0 Å². The normalized spacial score (nSPS) is 10.7. The van der Waals surface area contributed by atoms with Crippen molar-refractivity contribution in [2.75, 3.05) is 0 Å². The van der Waals surface area contributed by atoms with E-state index >= 15 is 0 Å². The maximum Gasteiger partial charge on any atom is 0.124 e. The van der Waals surface area contributed by atoms with Gasteiger partial charge in [0.05, 0.1) is 6.54 Å². The van der Waals surface area contributed by atoms with Crippen molar-refractivity contribution in [3.8, 4) is 0 Å². The fourth-order valence-electron chi connectivity index (χ4n) is 1.35. The van der Waals surface area contributed by atoms with E-state index in [1.807, 2.05) is 17.6 Å². The van der Waals surface area contributed by atoms with E-state index in [4.69, 9.17) is 10.2 Å². The third-order valence-corrected chi connectivity index (χ3v) is 2.10. The van der Waals surface area contributed by atoms with E-state index in [-0.39, 0.29) is 0 Å². The highest BCUT2D eigenvalue weighted by atomic mass is 16.3. The van der Waals surface area contributed by atoms with Crippen LogP contribution in [-0.2, 0) is 13.1 Å². The van der Waals surface area contributed by atoms with Gasteiger partial charge < -0.3 is 14.7 Å². The molecule has 2 aromatic heterocycles. The van der Waals surface area contributed by atoms with Crippen molar-refractivity contribution in [1.82, 2.24) is 14.8 Å². The van der Waals surface area contributed by atoms with Gasteiger partial charge in [-0.1, -0.05) is 0 Å². The Hall–Kier alpha value is -1.62. The second-order valence-corrected chi connectivity index (χ2v) is 3.13. The topological polar surface area (TPSA) is 69.9 Å². The molecular weight excluding hydrogens is 180 g/mol.